The van der Waals surface area contributed by atoms with E-state index in [-0.39, 0.29) is 28.7 Å². The van der Waals surface area contributed by atoms with Crippen LogP contribution in [-0.2, 0) is 0 Å². The largest absolute Gasteiger partial charge is 0.382 e. The Labute approximate surface area is 209 Å². The molecule has 188 valence electrons. The summed E-state index contributed by atoms with van der Waals surface area (Å²) in [6.45, 7) is 3.75. The molecular weight excluding hydrogens is 484 g/mol. The van der Waals surface area contributed by atoms with Gasteiger partial charge in [0.1, 0.15) is 58.0 Å². The number of amides is 2. The molecule has 13 heteroatoms. The zero-order valence-electron chi connectivity index (χ0n) is 19.7. The standard InChI is InChI=1S/C24H21F2N9O2/c1-3-29-24(37)33-13-5-4-6-14(9-13)35-22(12(2)32-21-15(10-27)20(28)30-11-31-21)34-19-17(26)8-7-16(25)18(19)23(35)36/h4-9,11-12H,3H2,1-2H3,(H2,29,33,37)(H3,28,30,31,32)/t12-/m0/s1. The molecule has 2 aromatic heterocycles. The van der Waals surface area contributed by atoms with Gasteiger partial charge in [-0.25, -0.2) is 28.5 Å². The van der Waals surface area contributed by atoms with Crippen molar-refractivity contribution < 1.29 is 13.6 Å². The second-order valence-corrected chi connectivity index (χ2v) is 7.86. The lowest BCUT2D eigenvalue weighted by atomic mass is 10.1. The molecule has 11 nitrogen and oxygen atoms in total. The minimum absolute atomic E-state index is 0.0155. The maximum absolute atomic E-state index is 14.7. The van der Waals surface area contributed by atoms with E-state index in [0.717, 1.165) is 23.0 Å². The molecule has 5 N–H and O–H groups in total. The molecule has 0 aliphatic rings. The highest BCUT2D eigenvalue weighted by atomic mass is 19.1. The summed E-state index contributed by atoms with van der Waals surface area (Å²) in [5, 5.41) is 17.1. The van der Waals surface area contributed by atoms with Crippen molar-refractivity contribution in [3.8, 4) is 11.8 Å². The average molecular weight is 505 g/mol. The number of nitrogens with two attached hydrogens (primary N) is 1. The molecule has 2 amide bonds. The van der Waals surface area contributed by atoms with Gasteiger partial charge in [-0.05, 0) is 44.2 Å². The summed E-state index contributed by atoms with van der Waals surface area (Å²) in [4.78, 5) is 37.7. The van der Waals surface area contributed by atoms with Gasteiger partial charge in [-0.15, -0.1) is 0 Å². The molecule has 0 radical (unpaired) electrons. The number of nitrogens with zero attached hydrogens (tertiary/aromatic N) is 5. The minimum Gasteiger partial charge on any atom is -0.382 e. The molecule has 37 heavy (non-hydrogen) atoms. The number of fused-ring (bicyclic) bond motifs is 1. The number of urea groups is 1. The Bertz CT molecular complexity index is 1610. The highest BCUT2D eigenvalue weighted by Gasteiger charge is 2.23. The number of carbonyl (C=O) groups is 1. The highest BCUT2D eigenvalue weighted by molar-refractivity contribution is 5.89. The maximum Gasteiger partial charge on any atom is 0.319 e. The first-order valence-corrected chi connectivity index (χ1v) is 11.1. The first-order chi connectivity index (χ1) is 17.7. The molecule has 0 saturated heterocycles. The Morgan fingerprint density at radius 2 is 1.97 bits per heavy atom. The summed E-state index contributed by atoms with van der Waals surface area (Å²) < 4.78 is 30.5. The zero-order chi connectivity index (χ0) is 26.7. The van der Waals surface area contributed by atoms with Crippen molar-refractivity contribution in [2.24, 2.45) is 0 Å². The number of hydrogen-bond acceptors (Lipinski definition) is 8. The summed E-state index contributed by atoms with van der Waals surface area (Å²) >= 11 is 0. The van der Waals surface area contributed by atoms with E-state index in [1.54, 1.807) is 32.0 Å². The van der Waals surface area contributed by atoms with Crippen molar-refractivity contribution >= 4 is 34.3 Å². The number of benzene rings is 2. The van der Waals surface area contributed by atoms with E-state index in [9.17, 15) is 23.6 Å². The molecule has 1 atom stereocenters. The number of nitrogen functional groups attached to an aromatic ring is 1. The fraction of sp³-hybridized carbons (Fsp3) is 0.167. The van der Waals surface area contributed by atoms with Crippen LogP contribution in [0.3, 0.4) is 0 Å². The summed E-state index contributed by atoms with van der Waals surface area (Å²) in [5.74, 6) is -1.84. The maximum atomic E-state index is 14.7. The van der Waals surface area contributed by atoms with Crippen molar-refractivity contribution in [1.29, 1.82) is 5.26 Å². The SMILES string of the molecule is CCNC(=O)Nc1cccc(-n2c([C@H](C)Nc3ncnc(N)c3C#N)nc3c(F)ccc(F)c3c2=O)c1. The minimum atomic E-state index is -0.943. The van der Waals surface area contributed by atoms with Gasteiger partial charge >= 0.3 is 6.03 Å². The Balaban J connectivity index is 1.92. The van der Waals surface area contributed by atoms with Crippen LogP contribution in [0.4, 0.5) is 30.9 Å². The number of rotatable bonds is 6. The number of carbonyl (C=O) groups excluding carboxylic acids is 1. The van der Waals surface area contributed by atoms with Crippen molar-refractivity contribution in [2.75, 3.05) is 22.9 Å². The first kappa shape index (κ1) is 25.0. The number of hydrogen-bond donors (Lipinski definition) is 4. The Kier molecular flexibility index (Phi) is 6.92. The van der Waals surface area contributed by atoms with Crippen molar-refractivity contribution in [2.45, 2.75) is 19.9 Å². The van der Waals surface area contributed by atoms with Crippen LogP contribution in [0.25, 0.3) is 16.6 Å². The number of aromatic nitrogens is 4. The van der Waals surface area contributed by atoms with Crippen LogP contribution < -0.4 is 27.2 Å². The van der Waals surface area contributed by atoms with Crippen molar-refractivity contribution in [3.05, 3.63) is 76.1 Å². The van der Waals surface area contributed by atoms with Crippen LogP contribution in [0.15, 0.2) is 47.5 Å². The summed E-state index contributed by atoms with van der Waals surface area (Å²) in [6, 6.07) is 8.53. The van der Waals surface area contributed by atoms with Crippen LogP contribution in [0.1, 0.15) is 31.3 Å². The van der Waals surface area contributed by atoms with Crippen LogP contribution in [0.5, 0.6) is 0 Å². The second kappa shape index (κ2) is 10.2. The van der Waals surface area contributed by atoms with Crippen LogP contribution in [-0.4, -0.2) is 32.1 Å². The predicted molar refractivity (Wildman–Crippen MR) is 133 cm³/mol. The lowest BCUT2D eigenvalue weighted by molar-refractivity contribution is 0.252. The van der Waals surface area contributed by atoms with E-state index in [1.165, 1.54) is 6.07 Å². The average Bonchev–Trinajstić information content (AvgIpc) is 2.86. The van der Waals surface area contributed by atoms with Gasteiger partial charge in [0.05, 0.1) is 11.7 Å². The molecule has 4 rings (SSSR count). The smallest absolute Gasteiger partial charge is 0.319 e. The summed E-state index contributed by atoms with van der Waals surface area (Å²) in [5.41, 5.74) is 4.98. The molecule has 0 bridgehead atoms. The molecule has 2 aromatic carbocycles. The van der Waals surface area contributed by atoms with Crippen LogP contribution >= 0.6 is 0 Å². The van der Waals surface area contributed by atoms with Crippen molar-refractivity contribution in [3.63, 3.8) is 0 Å². The van der Waals surface area contributed by atoms with E-state index < -0.39 is 40.2 Å². The fourth-order valence-corrected chi connectivity index (χ4v) is 3.72. The van der Waals surface area contributed by atoms with E-state index in [1.807, 2.05) is 6.07 Å². The molecule has 0 aliphatic carbocycles. The second-order valence-electron chi connectivity index (χ2n) is 7.86. The Morgan fingerprint density at radius 3 is 2.70 bits per heavy atom. The van der Waals surface area contributed by atoms with Gasteiger partial charge in [0.2, 0.25) is 0 Å². The highest BCUT2D eigenvalue weighted by Crippen LogP contribution is 2.26. The monoisotopic (exact) mass is 505 g/mol. The van der Waals surface area contributed by atoms with Gasteiger partial charge in [-0.2, -0.15) is 5.26 Å². The topological polar surface area (TPSA) is 164 Å². The Hall–Kier alpha value is -5.12. The van der Waals surface area contributed by atoms with E-state index in [4.69, 9.17) is 5.73 Å². The third-order valence-electron chi connectivity index (χ3n) is 5.38. The van der Waals surface area contributed by atoms with E-state index in [0.29, 0.717) is 12.2 Å². The Morgan fingerprint density at radius 1 is 1.22 bits per heavy atom. The van der Waals surface area contributed by atoms with Gasteiger partial charge in [0.25, 0.3) is 5.56 Å². The first-order valence-electron chi connectivity index (χ1n) is 11.1. The summed E-state index contributed by atoms with van der Waals surface area (Å²) in [6.07, 6.45) is 1.15. The molecule has 0 spiro atoms. The molecule has 0 saturated carbocycles. The van der Waals surface area contributed by atoms with Crippen LogP contribution in [0.2, 0.25) is 0 Å². The van der Waals surface area contributed by atoms with Gasteiger partial charge in [0.15, 0.2) is 0 Å². The lowest BCUT2D eigenvalue weighted by Gasteiger charge is -2.21. The number of halogens is 2. The fourth-order valence-electron chi connectivity index (χ4n) is 3.72. The van der Waals surface area contributed by atoms with Gasteiger partial charge in [-0.3, -0.25) is 9.36 Å². The quantitative estimate of drug-likeness (QED) is 0.310. The lowest BCUT2D eigenvalue weighted by Crippen LogP contribution is -2.29. The van der Waals surface area contributed by atoms with E-state index >= 15 is 0 Å². The molecule has 0 aliphatic heterocycles. The third-order valence-corrected chi connectivity index (χ3v) is 5.38. The molecule has 2 heterocycles. The molecule has 0 fully saturated rings. The van der Waals surface area contributed by atoms with Gasteiger partial charge in [-0.1, -0.05) is 6.07 Å². The van der Waals surface area contributed by atoms with Crippen LogP contribution in [0, 0.1) is 23.0 Å². The number of anilines is 3. The normalized spacial score (nSPS) is 11.5. The molecule has 4 aromatic rings. The number of nitrogens with one attached hydrogen (secondary N) is 3. The molecular formula is C24H21F2N9O2. The third kappa shape index (κ3) is 4.85. The number of nitriles is 1. The van der Waals surface area contributed by atoms with Gasteiger partial charge in [0, 0.05) is 12.2 Å². The van der Waals surface area contributed by atoms with Gasteiger partial charge < -0.3 is 21.7 Å². The predicted octanol–water partition coefficient (Wildman–Crippen LogP) is 3.22. The summed E-state index contributed by atoms with van der Waals surface area (Å²) in [7, 11) is 0. The molecule has 0 unspecified atom stereocenters. The zero-order valence-corrected chi connectivity index (χ0v) is 19.7. The van der Waals surface area contributed by atoms with Crippen molar-refractivity contribution in [1.82, 2.24) is 24.8 Å². The van der Waals surface area contributed by atoms with E-state index in [2.05, 4.69) is 30.9 Å².